The van der Waals surface area contributed by atoms with Crippen molar-refractivity contribution in [3.8, 4) is 0 Å². The Bertz CT molecular complexity index is 2720. The molecule has 3 aromatic rings. The van der Waals surface area contributed by atoms with E-state index in [0.29, 0.717) is 29.4 Å². The minimum absolute atomic E-state index is 0.0156. The zero-order valence-electron chi connectivity index (χ0n) is 46.6. The normalized spacial score (nSPS) is 14.6. The number of carbonyl (C=O) groups is 1. The molecule has 1 aliphatic carbocycles. The number of hydrogen-bond donors (Lipinski definition) is 3. The molecule has 0 spiro atoms. The molecule has 80 heavy (non-hydrogen) atoms. The Hall–Kier alpha value is -3.47. The smallest absolute Gasteiger partial charge is 0.399 e. The molecule has 1 aliphatic rings. The van der Waals surface area contributed by atoms with Gasteiger partial charge < -0.3 is 5.73 Å². The number of hydrogen-bond acceptors (Lipinski definition) is 8. The van der Waals surface area contributed by atoms with E-state index in [1.807, 2.05) is 4.72 Å². The molecule has 1 amide bonds. The molecule has 1 saturated carbocycles. The first-order valence-corrected chi connectivity index (χ1v) is 35.1. The molecule has 0 aromatic heterocycles. The summed E-state index contributed by atoms with van der Waals surface area (Å²) in [4.78, 5) is 10.6. The summed E-state index contributed by atoms with van der Waals surface area (Å²) in [6, 6.07) is 24.0. The molecule has 452 valence electrons. The van der Waals surface area contributed by atoms with Crippen LogP contribution in [-0.2, 0) is 45.7 Å². The van der Waals surface area contributed by atoms with Crippen LogP contribution < -0.4 is 57.0 Å². The number of unbranched alkanes of at least 4 members (excludes halogenated alkanes) is 2. The summed E-state index contributed by atoms with van der Waals surface area (Å²) in [6.07, 6.45) is 16.4. The Morgan fingerprint density at radius 2 is 1.02 bits per heavy atom. The summed E-state index contributed by atoms with van der Waals surface area (Å²) in [6.45, 7) is 19.3. The number of anilines is 1. The Morgan fingerprint density at radius 3 is 1.39 bits per heavy atom. The number of allylic oxidation sites excluding steroid dienone is 6. The minimum Gasteiger partial charge on any atom is -0.399 e. The van der Waals surface area contributed by atoms with Crippen LogP contribution in [0.25, 0.3) is 0 Å². The van der Waals surface area contributed by atoms with Gasteiger partial charge in [-0.3, -0.25) is 4.79 Å². The van der Waals surface area contributed by atoms with Crippen LogP contribution in [0.2, 0.25) is 0 Å². The maximum absolute atomic E-state index is 13.5. The van der Waals surface area contributed by atoms with Gasteiger partial charge in [-0.15, -0.1) is 4.13 Å². The van der Waals surface area contributed by atoms with E-state index in [2.05, 4.69) is 149 Å². The molecule has 0 bridgehead atoms. The number of nitrogen functional groups attached to an aromatic ring is 1. The van der Waals surface area contributed by atoms with Crippen LogP contribution in [0.15, 0.2) is 122 Å². The first-order valence-electron chi connectivity index (χ1n) is 25.9. The molecule has 0 saturated heterocycles. The van der Waals surface area contributed by atoms with Gasteiger partial charge in [0.1, 0.15) is 0 Å². The molecule has 0 heterocycles. The second-order valence-corrected chi connectivity index (χ2v) is 30.6. The lowest BCUT2D eigenvalue weighted by Gasteiger charge is -2.32. The Kier molecular flexibility index (Phi) is 31.4. The van der Waals surface area contributed by atoms with Crippen molar-refractivity contribution < 1.29 is 112 Å². The van der Waals surface area contributed by atoms with Crippen LogP contribution in [0.5, 0.6) is 0 Å². The molecule has 4 rings (SSSR count). The fourth-order valence-electron chi connectivity index (χ4n) is 6.82. The zero-order valence-corrected chi connectivity index (χ0v) is 53.4. The molecule has 24 heteroatoms. The van der Waals surface area contributed by atoms with Crippen molar-refractivity contribution in [3.05, 3.63) is 136 Å². The summed E-state index contributed by atoms with van der Waals surface area (Å²) in [5, 5.41) is -7.09. The Labute approximate surface area is 490 Å². The van der Waals surface area contributed by atoms with Gasteiger partial charge in [-0.05, 0) is 121 Å². The minimum atomic E-state index is -7.48. The molecule has 0 radical (unpaired) electrons. The van der Waals surface area contributed by atoms with E-state index in [1.165, 1.54) is 81.1 Å². The third kappa shape index (κ3) is 24.8. The lowest BCUT2D eigenvalue weighted by atomic mass is 9.82. The fraction of sp³-hybridized carbons (Fsp3) is 0.518. The van der Waals surface area contributed by atoms with Crippen molar-refractivity contribution >= 4 is 41.7 Å². The van der Waals surface area contributed by atoms with Crippen LogP contribution in [-0.4, -0.2) is 60.2 Å². The zero-order chi connectivity index (χ0) is 61.3. The summed E-state index contributed by atoms with van der Waals surface area (Å²) < 4.78 is 193. The van der Waals surface area contributed by atoms with Crippen molar-refractivity contribution in [2.75, 3.05) is 11.5 Å². The topological polar surface area (TPSA) is 170 Å². The van der Waals surface area contributed by atoms with Gasteiger partial charge in [-0.2, -0.15) is 39.5 Å². The van der Waals surface area contributed by atoms with Gasteiger partial charge in [0, 0.05) is 12.6 Å². The van der Waals surface area contributed by atoms with Gasteiger partial charge in [0.25, 0.3) is 20.0 Å². The predicted molar refractivity (Wildman–Crippen MR) is 293 cm³/mol. The van der Waals surface area contributed by atoms with Crippen molar-refractivity contribution in [2.45, 2.75) is 178 Å². The van der Waals surface area contributed by atoms with E-state index in [-0.39, 0.29) is 63.8 Å². The monoisotopic (exact) mass is 1430 g/mol. The third-order valence-corrected chi connectivity index (χ3v) is 22.1. The Balaban J connectivity index is 0.000000549. The van der Waals surface area contributed by atoms with Crippen LogP contribution in [0.3, 0.4) is 0 Å². The van der Waals surface area contributed by atoms with E-state index >= 15 is 0 Å². The van der Waals surface area contributed by atoms with Crippen molar-refractivity contribution in [1.82, 2.24) is 8.85 Å². The number of alkyl halides is 9. The van der Waals surface area contributed by atoms with Crippen molar-refractivity contribution in [1.29, 1.82) is 0 Å². The largest absolute Gasteiger partial charge is 0.460 e. The SMILES string of the molecule is CC(=O)NS(=O)(=O)c1ccc(N)cc1.CCC/C=C/C=C/[I+]c1ccc(C(C)(C)CC)cc1.CCC/C=C/C=C/[I+]c1ccc(C(C)(C)CC)cc1.O=S(=O)(CCC1CCCCC1)NS(=O)(=O)C(F)(F)C(F)(F)C(F)(F)C(F)(F)F. The number of sulfonamides is 3. The molecule has 0 aliphatic heterocycles. The van der Waals surface area contributed by atoms with Gasteiger partial charge >= 0.3 is 65.7 Å². The number of nitrogens with one attached hydrogen (secondary N) is 2. The maximum atomic E-state index is 13.5. The van der Waals surface area contributed by atoms with Crippen LogP contribution in [0.4, 0.5) is 45.2 Å². The quantitative estimate of drug-likeness (QED) is 0.0346. The molecule has 1 fully saturated rings. The number of halogens is 11. The maximum Gasteiger partial charge on any atom is 0.460 e. The lowest BCUT2D eigenvalue weighted by Crippen LogP contribution is -3.59. The highest BCUT2D eigenvalue weighted by molar-refractivity contribution is 8.05. The third-order valence-electron chi connectivity index (χ3n) is 12.6. The molecule has 0 unspecified atom stereocenters. The average Bonchev–Trinajstić information content (AvgIpc) is 3.38. The number of amides is 1. The van der Waals surface area contributed by atoms with Gasteiger partial charge in [0.2, 0.25) is 15.9 Å². The van der Waals surface area contributed by atoms with Gasteiger partial charge in [0.05, 0.1) is 10.6 Å². The summed E-state index contributed by atoms with van der Waals surface area (Å²) in [5.41, 5.74) is 9.36. The van der Waals surface area contributed by atoms with E-state index in [4.69, 9.17) is 5.73 Å². The summed E-state index contributed by atoms with van der Waals surface area (Å²) in [7, 11) is -16.1. The van der Waals surface area contributed by atoms with Crippen LogP contribution in [0, 0.1) is 13.1 Å². The van der Waals surface area contributed by atoms with Gasteiger partial charge in [0.15, 0.2) is 15.3 Å². The van der Waals surface area contributed by atoms with Crippen LogP contribution >= 0.6 is 0 Å². The van der Waals surface area contributed by atoms with E-state index in [0.717, 1.165) is 26.2 Å². The number of carbonyl (C=O) groups excluding carboxylic acids is 1. The highest BCUT2D eigenvalue weighted by Gasteiger charge is 2.85. The summed E-state index contributed by atoms with van der Waals surface area (Å²) >= 11 is 0.0374. The second kappa shape index (κ2) is 33.7. The van der Waals surface area contributed by atoms with Crippen LogP contribution in [0.1, 0.15) is 150 Å². The molecule has 3 aromatic carbocycles. The standard InChI is InChI=1S/2C18H26I.C12H16F9NO4S2.C8H10N2O3S/c2*1-5-7-8-9-10-15-19-17-13-11-16(12-14-17)18(3,4)6-2;13-9(14,11(17,18)19)10(15,16)12(20,21)28(25,26)22-27(23,24)7-6-8-4-2-1-3-5-8;1-6(11)10-14(12,13)8-4-2-7(9)3-5-8/h2*8-15H,5-7H2,1-4H3;8,22H,1-7H2;2-5H,9H2,1H3,(H,10,11)/q2*+1;;/b2*9-8+,15-10+;;. The molecular weight excluding hydrogens is 1350 g/mol. The van der Waals surface area contributed by atoms with Gasteiger partial charge in [-0.1, -0.05) is 149 Å². The Morgan fingerprint density at radius 1 is 0.613 bits per heavy atom. The average molecular weight is 1430 g/mol. The first-order chi connectivity index (χ1) is 36.9. The second-order valence-electron chi connectivity index (χ2n) is 19.9. The first kappa shape index (κ1) is 74.5. The lowest BCUT2D eigenvalue weighted by molar-refractivity contribution is -0.557. The number of benzene rings is 3. The van der Waals surface area contributed by atoms with Crippen molar-refractivity contribution in [3.63, 3.8) is 0 Å². The van der Waals surface area contributed by atoms with E-state index < -0.39 is 65.0 Å². The van der Waals surface area contributed by atoms with E-state index in [9.17, 15) is 69.6 Å². The van der Waals surface area contributed by atoms with Crippen molar-refractivity contribution in [2.24, 2.45) is 5.92 Å². The molecule has 10 nitrogen and oxygen atoms in total. The molecule has 4 N–H and O–H groups in total. The van der Waals surface area contributed by atoms with Gasteiger partial charge in [-0.25, -0.2) is 30.0 Å². The van der Waals surface area contributed by atoms with E-state index in [1.54, 1.807) is 0 Å². The fourth-order valence-corrected chi connectivity index (χ4v) is 14.3. The number of rotatable bonds is 24. The highest BCUT2D eigenvalue weighted by atomic mass is 127. The highest BCUT2D eigenvalue weighted by Crippen LogP contribution is 2.54. The molecule has 0 atom stereocenters. The summed E-state index contributed by atoms with van der Waals surface area (Å²) in [5.74, 6) is -16.9. The molecular formula is C56H78F9I2N3O7S3+2. The predicted octanol–water partition coefficient (Wildman–Crippen LogP) is 8.73. The number of nitrogens with two attached hydrogens (primary N) is 1.